The number of tetrazole rings is 1. The molecule has 0 spiro atoms. The number of urea groups is 1. The SMILES string of the molecule is CN(C(N)=O)c1nn[nH]n1. The van der Waals surface area contributed by atoms with E-state index in [0.29, 0.717) is 0 Å². The first kappa shape index (κ1) is 6.46. The van der Waals surface area contributed by atoms with Gasteiger partial charge in [-0.05, 0) is 5.21 Å². The molecule has 0 aliphatic carbocycles. The molecular formula is C3H6N6O. The number of nitrogens with one attached hydrogen (secondary N) is 1. The van der Waals surface area contributed by atoms with Gasteiger partial charge in [0.2, 0.25) is 0 Å². The van der Waals surface area contributed by atoms with Gasteiger partial charge in [-0.25, -0.2) is 4.79 Å². The van der Waals surface area contributed by atoms with Crippen molar-refractivity contribution in [2.24, 2.45) is 5.73 Å². The number of carbonyl (C=O) groups excluding carboxylic acids is 1. The van der Waals surface area contributed by atoms with Gasteiger partial charge in [0.15, 0.2) is 0 Å². The van der Waals surface area contributed by atoms with Crippen molar-refractivity contribution in [1.29, 1.82) is 0 Å². The van der Waals surface area contributed by atoms with Crippen LogP contribution in [0.15, 0.2) is 0 Å². The lowest BCUT2D eigenvalue weighted by atomic mass is 10.8. The van der Waals surface area contributed by atoms with Crippen LogP contribution in [0.3, 0.4) is 0 Å². The zero-order valence-corrected chi connectivity index (χ0v) is 5.27. The second kappa shape index (κ2) is 2.29. The summed E-state index contributed by atoms with van der Waals surface area (Å²) < 4.78 is 0. The molecular weight excluding hydrogens is 136 g/mol. The van der Waals surface area contributed by atoms with E-state index in [9.17, 15) is 4.79 Å². The van der Waals surface area contributed by atoms with Crippen LogP contribution in [0.25, 0.3) is 0 Å². The third-order valence-electron chi connectivity index (χ3n) is 0.965. The molecule has 0 aliphatic rings. The van der Waals surface area contributed by atoms with Gasteiger partial charge in [0.25, 0.3) is 5.95 Å². The van der Waals surface area contributed by atoms with E-state index in [1.165, 1.54) is 7.05 Å². The first-order valence-corrected chi connectivity index (χ1v) is 2.48. The Morgan fingerprint density at radius 3 is 2.90 bits per heavy atom. The van der Waals surface area contributed by atoms with E-state index < -0.39 is 6.03 Å². The number of aromatic amines is 1. The van der Waals surface area contributed by atoms with Crippen LogP contribution in [-0.2, 0) is 0 Å². The van der Waals surface area contributed by atoms with Crippen LogP contribution in [0.4, 0.5) is 10.7 Å². The Bertz CT molecular complexity index is 217. The number of hydrogen-bond donors (Lipinski definition) is 2. The van der Waals surface area contributed by atoms with Gasteiger partial charge in [-0.1, -0.05) is 5.10 Å². The summed E-state index contributed by atoms with van der Waals surface area (Å²) in [4.78, 5) is 11.5. The maximum absolute atomic E-state index is 10.4. The zero-order valence-electron chi connectivity index (χ0n) is 5.27. The van der Waals surface area contributed by atoms with Crippen molar-refractivity contribution < 1.29 is 4.79 Å². The first-order valence-electron chi connectivity index (χ1n) is 2.48. The maximum Gasteiger partial charge on any atom is 0.321 e. The third kappa shape index (κ3) is 1.02. The topological polar surface area (TPSA) is 101 Å². The van der Waals surface area contributed by atoms with Crippen molar-refractivity contribution in [3.05, 3.63) is 0 Å². The highest BCUT2D eigenvalue weighted by Crippen LogP contribution is 1.96. The van der Waals surface area contributed by atoms with Gasteiger partial charge in [0, 0.05) is 7.05 Å². The van der Waals surface area contributed by atoms with Gasteiger partial charge < -0.3 is 5.73 Å². The van der Waals surface area contributed by atoms with Crippen LogP contribution < -0.4 is 10.6 Å². The molecule has 1 aromatic rings. The minimum Gasteiger partial charge on any atom is -0.351 e. The highest BCUT2D eigenvalue weighted by atomic mass is 16.2. The molecule has 0 radical (unpaired) electrons. The number of primary amides is 1. The van der Waals surface area contributed by atoms with Gasteiger partial charge in [-0.2, -0.15) is 5.21 Å². The third-order valence-corrected chi connectivity index (χ3v) is 0.965. The molecule has 0 aromatic carbocycles. The number of carbonyl (C=O) groups is 1. The molecule has 3 N–H and O–H groups in total. The standard InChI is InChI=1S/C3H6N6O/c1-9(2(4)10)3-5-7-8-6-3/h1H3,(H2,4,10)(H,5,6,7,8). The van der Waals surface area contributed by atoms with E-state index in [1.54, 1.807) is 0 Å². The molecule has 1 rings (SSSR count). The first-order chi connectivity index (χ1) is 4.72. The predicted molar refractivity (Wildman–Crippen MR) is 32.2 cm³/mol. The quantitative estimate of drug-likeness (QED) is 0.509. The van der Waals surface area contributed by atoms with E-state index in [0.717, 1.165) is 4.90 Å². The molecule has 1 aromatic heterocycles. The predicted octanol–water partition coefficient (Wildman–Crippen LogP) is -1.29. The molecule has 0 saturated carbocycles. The van der Waals surface area contributed by atoms with Crippen molar-refractivity contribution >= 4 is 12.0 Å². The van der Waals surface area contributed by atoms with E-state index in [-0.39, 0.29) is 5.95 Å². The van der Waals surface area contributed by atoms with E-state index in [4.69, 9.17) is 5.73 Å². The van der Waals surface area contributed by atoms with Gasteiger partial charge in [-0.3, -0.25) is 4.90 Å². The molecule has 2 amide bonds. The van der Waals surface area contributed by atoms with E-state index >= 15 is 0 Å². The fraction of sp³-hybridized carbons (Fsp3) is 0.333. The number of nitrogens with two attached hydrogens (primary N) is 1. The van der Waals surface area contributed by atoms with Crippen LogP contribution >= 0.6 is 0 Å². The minimum atomic E-state index is -0.624. The van der Waals surface area contributed by atoms with Crippen LogP contribution in [0.1, 0.15) is 0 Å². The fourth-order valence-corrected chi connectivity index (χ4v) is 0.397. The second-order valence-electron chi connectivity index (χ2n) is 1.61. The molecule has 0 unspecified atom stereocenters. The molecule has 7 nitrogen and oxygen atoms in total. The summed E-state index contributed by atoms with van der Waals surface area (Å²) >= 11 is 0. The highest BCUT2D eigenvalue weighted by molar-refractivity contribution is 5.87. The molecule has 7 heteroatoms. The lowest BCUT2D eigenvalue weighted by molar-refractivity contribution is 0.255. The minimum absolute atomic E-state index is 0.160. The van der Waals surface area contributed by atoms with Crippen molar-refractivity contribution in [2.45, 2.75) is 0 Å². The van der Waals surface area contributed by atoms with E-state index in [2.05, 4.69) is 20.6 Å². The van der Waals surface area contributed by atoms with Crippen LogP contribution in [0.2, 0.25) is 0 Å². The Morgan fingerprint density at radius 1 is 1.80 bits per heavy atom. The zero-order chi connectivity index (χ0) is 7.56. The van der Waals surface area contributed by atoms with Crippen molar-refractivity contribution in [3.63, 3.8) is 0 Å². The summed E-state index contributed by atoms with van der Waals surface area (Å²) in [6.45, 7) is 0. The molecule has 1 heterocycles. The number of anilines is 1. The summed E-state index contributed by atoms with van der Waals surface area (Å²) in [6.07, 6.45) is 0. The van der Waals surface area contributed by atoms with Crippen LogP contribution in [0.5, 0.6) is 0 Å². The largest absolute Gasteiger partial charge is 0.351 e. The molecule has 54 valence electrons. The van der Waals surface area contributed by atoms with E-state index in [1.807, 2.05) is 0 Å². The van der Waals surface area contributed by atoms with Crippen molar-refractivity contribution in [3.8, 4) is 0 Å². The summed E-state index contributed by atoms with van der Waals surface area (Å²) in [7, 11) is 1.45. The molecule has 0 atom stereocenters. The summed E-state index contributed by atoms with van der Waals surface area (Å²) in [5.41, 5.74) is 4.89. The van der Waals surface area contributed by atoms with Crippen LogP contribution in [-0.4, -0.2) is 33.7 Å². The van der Waals surface area contributed by atoms with Gasteiger partial charge in [0.1, 0.15) is 0 Å². The Morgan fingerprint density at radius 2 is 2.50 bits per heavy atom. The lowest BCUT2D eigenvalue weighted by Gasteiger charge is -2.05. The number of aromatic nitrogens is 4. The number of amides is 2. The lowest BCUT2D eigenvalue weighted by Crippen LogP contribution is -2.32. The maximum atomic E-state index is 10.4. The molecule has 0 saturated heterocycles. The normalized spacial score (nSPS) is 9.30. The average Bonchev–Trinajstić information content (AvgIpc) is 2.36. The average molecular weight is 142 g/mol. The van der Waals surface area contributed by atoms with Crippen molar-refractivity contribution in [2.75, 3.05) is 11.9 Å². The van der Waals surface area contributed by atoms with Gasteiger partial charge in [-0.15, -0.1) is 5.10 Å². The Labute approximate surface area is 56.2 Å². The molecule has 0 fully saturated rings. The molecule has 0 bridgehead atoms. The highest BCUT2D eigenvalue weighted by Gasteiger charge is 2.09. The van der Waals surface area contributed by atoms with Gasteiger partial charge in [0.05, 0.1) is 0 Å². The number of H-pyrrole nitrogens is 1. The Balaban J connectivity index is 2.77. The molecule has 10 heavy (non-hydrogen) atoms. The smallest absolute Gasteiger partial charge is 0.321 e. The summed E-state index contributed by atoms with van der Waals surface area (Å²) in [5, 5.41) is 12.5. The number of hydrogen-bond acceptors (Lipinski definition) is 4. The Kier molecular flexibility index (Phi) is 1.48. The summed E-state index contributed by atoms with van der Waals surface area (Å²) in [6, 6.07) is -0.624. The molecule has 0 aliphatic heterocycles. The monoisotopic (exact) mass is 142 g/mol. The Hall–Kier alpha value is -1.66. The van der Waals surface area contributed by atoms with Gasteiger partial charge >= 0.3 is 6.03 Å². The fourth-order valence-electron chi connectivity index (χ4n) is 0.397. The number of nitrogens with zero attached hydrogens (tertiary/aromatic N) is 4. The number of rotatable bonds is 1. The van der Waals surface area contributed by atoms with Crippen molar-refractivity contribution in [1.82, 2.24) is 20.6 Å². The van der Waals surface area contributed by atoms with Crippen LogP contribution in [0, 0.1) is 0 Å². The second-order valence-corrected chi connectivity index (χ2v) is 1.61. The summed E-state index contributed by atoms with van der Waals surface area (Å²) in [5.74, 6) is 0.160.